The van der Waals surface area contributed by atoms with Gasteiger partial charge in [-0.3, -0.25) is 9.47 Å². The molecule has 4 atom stereocenters. The maximum absolute atomic E-state index is 11.2. The number of nitrogens with zero attached hydrogens (tertiary/aromatic N) is 5. The highest BCUT2D eigenvalue weighted by molar-refractivity contribution is 5.83. The zero-order valence-corrected chi connectivity index (χ0v) is 30.7. The van der Waals surface area contributed by atoms with Gasteiger partial charge >= 0.3 is 0 Å². The first kappa shape index (κ1) is 37.0. The van der Waals surface area contributed by atoms with E-state index in [-0.39, 0.29) is 12.5 Å². The molecule has 0 aliphatic carbocycles. The smallest absolute Gasteiger partial charge is 0.168 e. The lowest BCUT2D eigenvalue weighted by Crippen LogP contribution is -2.33. The molecule has 1 aliphatic rings. The summed E-state index contributed by atoms with van der Waals surface area (Å²) in [5.41, 5.74) is 5.31. The van der Waals surface area contributed by atoms with Gasteiger partial charge in [-0.15, -0.1) is 0 Å². The molecule has 1 saturated heterocycles. The maximum Gasteiger partial charge on any atom is 0.168 e. The van der Waals surface area contributed by atoms with E-state index in [1.54, 1.807) is 25.1 Å². The van der Waals surface area contributed by atoms with E-state index in [0.29, 0.717) is 49.0 Å². The Morgan fingerprint density at radius 2 is 1.31 bits per heavy atom. The van der Waals surface area contributed by atoms with Crippen LogP contribution < -0.4 is 14.8 Å². The molecule has 280 valence electrons. The normalized spacial score (nSPS) is 18.4. The van der Waals surface area contributed by atoms with Crippen LogP contribution in [0.2, 0.25) is 0 Å². The van der Waals surface area contributed by atoms with Crippen molar-refractivity contribution in [3.63, 3.8) is 0 Å². The summed E-state index contributed by atoms with van der Waals surface area (Å²) in [4.78, 5) is 17.2. The molecule has 6 aromatic rings. The van der Waals surface area contributed by atoms with Crippen LogP contribution >= 0.6 is 0 Å². The summed E-state index contributed by atoms with van der Waals surface area (Å²) in [7, 11) is 4.87. The third kappa shape index (κ3) is 8.08. The van der Waals surface area contributed by atoms with Gasteiger partial charge in [0.1, 0.15) is 35.6 Å². The largest absolute Gasteiger partial charge is 0.496 e. The second-order valence-electron chi connectivity index (χ2n) is 13.3. The Balaban J connectivity index is 1.29. The van der Waals surface area contributed by atoms with E-state index >= 15 is 0 Å². The molecule has 1 fully saturated rings. The summed E-state index contributed by atoms with van der Waals surface area (Å²) < 4.78 is 24.5. The second-order valence-corrected chi connectivity index (χ2v) is 13.3. The summed E-state index contributed by atoms with van der Waals surface area (Å²) in [5.74, 6) is 2.64. The number of anilines is 1. The minimum Gasteiger partial charge on any atom is -0.496 e. The van der Waals surface area contributed by atoms with Gasteiger partial charge < -0.3 is 34.5 Å². The van der Waals surface area contributed by atoms with Gasteiger partial charge in [0.15, 0.2) is 23.2 Å². The first-order chi connectivity index (χ1) is 26.5. The first-order valence-electron chi connectivity index (χ1n) is 18.0. The molecule has 2 aromatic heterocycles. The van der Waals surface area contributed by atoms with Crippen LogP contribution in [-0.4, -0.2) is 87.4 Å². The fourth-order valence-electron chi connectivity index (χ4n) is 7.12. The van der Waals surface area contributed by atoms with Gasteiger partial charge in [0.05, 0.1) is 33.7 Å². The SMILES string of the molecule is COC[C@H]1O[C@@H](n2cnc3c(NCC(c4ccccc4)c4ccccc4)nc(CN(Cc4ccccc4OC)Cc4ccccc4OC)nc32)[C@H](O)[C@@H]1O. The van der Waals surface area contributed by atoms with Gasteiger partial charge in [0.2, 0.25) is 0 Å². The quantitative estimate of drug-likeness (QED) is 0.116. The Morgan fingerprint density at radius 3 is 1.89 bits per heavy atom. The van der Waals surface area contributed by atoms with E-state index in [2.05, 4.69) is 34.5 Å². The minimum atomic E-state index is -1.23. The molecule has 1 aliphatic heterocycles. The number of hydrogen-bond donors (Lipinski definition) is 3. The van der Waals surface area contributed by atoms with Crippen molar-refractivity contribution in [2.24, 2.45) is 0 Å². The third-order valence-corrected chi connectivity index (χ3v) is 9.83. The Morgan fingerprint density at radius 1 is 0.741 bits per heavy atom. The van der Waals surface area contributed by atoms with Crippen LogP contribution in [0.25, 0.3) is 11.2 Å². The summed E-state index contributed by atoms with van der Waals surface area (Å²) >= 11 is 0. The monoisotopic (exact) mass is 730 g/mol. The molecule has 12 heteroatoms. The van der Waals surface area contributed by atoms with E-state index in [0.717, 1.165) is 33.8 Å². The van der Waals surface area contributed by atoms with Crippen LogP contribution in [0.4, 0.5) is 5.82 Å². The van der Waals surface area contributed by atoms with Crippen molar-refractivity contribution in [3.8, 4) is 11.5 Å². The number of aromatic nitrogens is 4. The van der Waals surface area contributed by atoms with Crippen molar-refractivity contribution in [2.45, 2.75) is 50.1 Å². The summed E-state index contributed by atoms with van der Waals surface area (Å²) in [6.07, 6.45) is -2.47. The van der Waals surface area contributed by atoms with E-state index in [4.69, 9.17) is 33.9 Å². The van der Waals surface area contributed by atoms with E-state index in [1.807, 2.05) is 84.9 Å². The molecular formula is C42H46N6O6. The fourth-order valence-corrected chi connectivity index (χ4v) is 7.12. The zero-order chi connectivity index (χ0) is 37.4. The van der Waals surface area contributed by atoms with Crippen molar-refractivity contribution < 1.29 is 29.2 Å². The van der Waals surface area contributed by atoms with Crippen molar-refractivity contribution in [1.29, 1.82) is 0 Å². The number of rotatable bonds is 16. The summed E-state index contributed by atoms with van der Waals surface area (Å²) in [5, 5.41) is 25.6. The van der Waals surface area contributed by atoms with Crippen LogP contribution in [0.5, 0.6) is 11.5 Å². The molecule has 0 saturated carbocycles. The number of imidazole rings is 1. The molecule has 0 bridgehead atoms. The molecule has 0 spiro atoms. The van der Waals surface area contributed by atoms with Crippen molar-refractivity contribution in [2.75, 3.05) is 39.8 Å². The van der Waals surface area contributed by atoms with Crippen molar-refractivity contribution in [3.05, 3.63) is 144 Å². The molecule has 7 rings (SSSR count). The van der Waals surface area contributed by atoms with Gasteiger partial charge in [0.25, 0.3) is 0 Å². The molecule has 4 aromatic carbocycles. The Bertz CT molecular complexity index is 2030. The summed E-state index contributed by atoms with van der Waals surface area (Å²) in [6, 6.07) is 36.6. The van der Waals surface area contributed by atoms with Gasteiger partial charge in [-0.05, 0) is 23.3 Å². The topological polar surface area (TPSA) is 136 Å². The van der Waals surface area contributed by atoms with Crippen LogP contribution in [0.1, 0.15) is 40.2 Å². The lowest BCUT2D eigenvalue weighted by molar-refractivity contribution is -0.0580. The molecule has 12 nitrogen and oxygen atoms in total. The average molecular weight is 731 g/mol. The number of para-hydroxylation sites is 2. The molecule has 0 unspecified atom stereocenters. The number of methoxy groups -OCH3 is 3. The molecule has 54 heavy (non-hydrogen) atoms. The standard InChI is InChI=1S/C42H46N6O6/c1-51-26-35-38(49)39(50)42(54-35)48-27-44-37-40(43-22-32(28-14-6-4-7-15-28)29-16-8-5-9-17-29)45-36(46-41(37)48)25-47(23-30-18-10-12-20-33(30)52-2)24-31-19-11-13-21-34(31)53-3/h4-21,27,32,35,38-39,42,49-50H,22-26H2,1-3H3,(H,43,45,46)/t35-,38-,39-,42-/m1/s1. The van der Waals surface area contributed by atoms with Crippen molar-refractivity contribution in [1.82, 2.24) is 24.4 Å². The van der Waals surface area contributed by atoms with Gasteiger partial charge in [-0.25, -0.2) is 15.0 Å². The van der Waals surface area contributed by atoms with E-state index in [9.17, 15) is 10.2 Å². The highest BCUT2D eigenvalue weighted by Gasteiger charge is 2.44. The van der Waals surface area contributed by atoms with E-state index in [1.165, 1.54) is 7.11 Å². The van der Waals surface area contributed by atoms with Crippen molar-refractivity contribution >= 4 is 17.0 Å². The Labute approximate surface area is 315 Å². The number of benzene rings is 4. The molecule has 0 radical (unpaired) electrons. The number of nitrogens with one attached hydrogen (secondary N) is 1. The lowest BCUT2D eigenvalue weighted by atomic mass is 9.91. The third-order valence-electron chi connectivity index (χ3n) is 9.83. The maximum atomic E-state index is 11.2. The predicted molar refractivity (Wildman–Crippen MR) is 205 cm³/mol. The highest BCUT2D eigenvalue weighted by atomic mass is 16.6. The first-order valence-corrected chi connectivity index (χ1v) is 18.0. The number of ether oxygens (including phenoxy) is 4. The molecule has 0 amide bonds. The number of fused-ring (bicyclic) bond motifs is 1. The number of aliphatic hydroxyl groups excluding tert-OH is 2. The summed E-state index contributed by atoms with van der Waals surface area (Å²) in [6.45, 7) is 2.05. The lowest BCUT2D eigenvalue weighted by Gasteiger charge is -2.24. The van der Waals surface area contributed by atoms with Crippen LogP contribution in [-0.2, 0) is 29.1 Å². The van der Waals surface area contributed by atoms with Gasteiger partial charge in [-0.1, -0.05) is 97.1 Å². The van der Waals surface area contributed by atoms with Crippen LogP contribution in [0.3, 0.4) is 0 Å². The molecular weight excluding hydrogens is 684 g/mol. The Kier molecular flexibility index (Phi) is 11.8. The second kappa shape index (κ2) is 17.2. The van der Waals surface area contributed by atoms with Gasteiger partial charge in [-0.2, -0.15) is 0 Å². The van der Waals surface area contributed by atoms with Crippen LogP contribution in [0.15, 0.2) is 116 Å². The zero-order valence-electron chi connectivity index (χ0n) is 30.7. The molecule has 3 heterocycles. The number of hydrogen-bond acceptors (Lipinski definition) is 11. The predicted octanol–water partition coefficient (Wildman–Crippen LogP) is 5.56. The van der Waals surface area contributed by atoms with Gasteiger partial charge in [0, 0.05) is 43.8 Å². The Hall–Kier alpha value is -5.37. The number of aliphatic hydroxyl groups is 2. The molecule has 3 N–H and O–H groups in total. The minimum absolute atomic E-state index is 0.0143. The van der Waals surface area contributed by atoms with Crippen LogP contribution in [0, 0.1) is 0 Å². The highest BCUT2D eigenvalue weighted by Crippen LogP contribution is 2.34. The average Bonchev–Trinajstić information content (AvgIpc) is 3.75. The van der Waals surface area contributed by atoms with E-state index < -0.39 is 24.5 Å². The fraction of sp³-hybridized carbons (Fsp3) is 0.310.